The van der Waals surface area contributed by atoms with Crippen molar-refractivity contribution in [2.75, 3.05) is 45.9 Å². The van der Waals surface area contributed by atoms with Crippen molar-refractivity contribution in [3.63, 3.8) is 0 Å². The lowest BCUT2D eigenvalue weighted by Crippen LogP contribution is -2.39. The molecule has 5 heteroatoms. The Balaban J connectivity index is 1.64. The van der Waals surface area contributed by atoms with Crippen LogP contribution in [0.25, 0.3) is 0 Å². The van der Waals surface area contributed by atoms with E-state index in [2.05, 4.69) is 32.9 Å². The third kappa shape index (κ3) is 3.22. The van der Waals surface area contributed by atoms with E-state index in [1.807, 2.05) is 6.33 Å². The molecule has 0 bridgehead atoms. The lowest BCUT2D eigenvalue weighted by atomic mass is 9.96. The lowest BCUT2D eigenvalue weighted by Gasteiger charge is -2.31. The standard InChI is InChI=1S/C15H26N4O/c1-13(11-18-5-7-20-8-6-18)19-12-17-10-15(19)14-3-2-4-16-9-14/h10,12-14,16H,2-9,11H2,1H3. The van der Waals surface area contributed by atoms with E-state index in [4.69, 9.17) is 4.74 Å². The fourth-order valence-electron chi connectivity index (χ4n) is 3.35. The van der Waals surface area contributed by atoms with Gasteiger partial charge in [-0.05, 0) is 26.3 Å². The van der Waals surface area contributed by atoms with Gasteiger partial charge in [0, 0.05) is 50.0 Å². The molecule has 2 atom stereocenters. The molecular formula is C15H26N4O. The Morgan fingerprint density at radius 1 is 1.45 bits per heavy atom. The summed E-state index contributed by atoms with van der Waals surface area (Å²) in [6, 6.07) is 0.479. The normalized spacial score (nSPS) is 26.6. The Morgan fingerprint density at radius 3 is 3.05 bits per heavy atom. The Morgan fingerprint density at radius 2 is 2.30 bits per heavy atom. The minimum atomic E-state index is 0.479. The monoisotopic (exact) mass is 278 g/mol. The van der Waals surface area contributed by atoms with Gasteiger partial charge in [0.2, 0.25) is 0 Å². The number of hydrogen-bond donors (Lipinski definition) is 1. The molecule has 2 fully saturated rings. The number of aromatic nitrogens is 2. The van der Waals surface area contributed by atoms with E-state index in [-0.39, 0.29) is 0 Å². The first-order valence-electron chi connectivity index (χ1n) is 7.87. The highest BCUT2D eigenvalue weighted by atomic mass is 16.5. The van der Waals surface area contributed by atoms with Crippen molar-refractivity contribution >= 4 is 0 Å². The summed E-state index contributed by atoms with van der Waals surface area (Å²) in [4.78, 5) is 6.90. The van der Waals surface area contributed by atoms with Crippen LogP contribution in [0.5, 0.6) is 0 Å². The third-order valence-corrected chi connectivity index (χ3v) is 4.51. The van der Waals surface area contributed by atoms with Gasteiger partial charge in [0.05, 0.1) is 19.5 Å². The second kappa shape index (κ2) is 6.70. The Bertz CT molecular complexity index is 408. The van der Waals surface area contributed by atoms with Crippen molar-refractivity contribution in [2.24, 2.45) is 0 Å². The maximum Gasteiger partial charge on any atom is 0.0951 e. The molecule has 5 nitrogen and oxygen atoms in total. The zero-order valence-corrected chi connectivity index (χ0v) is 12.4. The molecule has 20 heavy (non-hydrogen) atoms. The van der Waals surface area contributed by atoms with Crippen LogP contribution in [0, 0.1) is 0 Å². The average Bonchev–Trinajstić information content (AvgIpc) is 2.99. The predicted octanol–water partition coefficient (Wildman–Crippen LogP) is 1.24. The van der Waals surface area contributed by atoms with Crippen molar-refractivity contribution in [1.82, 2.24) is 19.8 Å². The maximum absolute atomic E-state index is 5.42. The van der Waals surface area contributed by atoms with Gasteiger partial charge in [-0.25, -0.2) is 4.98 Å². The fraction of sp³-hybridized carbons (Fsp3) is 0.800. The van der Waals surface area contributed by atoms with Crippen LogP contribution in [0.4, 0.5) is 0 Å². The number of morpholine rings is 1. The second-order valence-electron chi connectivity index (χ2n) is 6.03. The maximum atomic E-state index is 5.42. The molecule has 0 aromatic carbocycles. The molecule has 3 heterocycles. The molecule has 1 aromatic heterocycles. The zero-order valence-electron chi connectivity index (χ0n) is 12.4. The SMILES string of the molecule is CC(CN1CCOCC1)n1cncc1C1CCCNC1. The molecule has 2 aliphatic heterocycles. The van der Waals surface area contributed by atoms with Crippen molar-refractivity contribution in [2.45, 2.75) is 31.7 Å². The van der Waals surface area contributed by atoms with E-state index in [0.29, 0.717) is 12.0 Å². The first-order chi connectivity index (χ1) is 9.84. The van der Waals surface area contributed by atoms with Crippen molar-refractivity contribution in [1.29, 1.82) is 0 Å². The highest BCUT2D eigenvalue weighted by molar-refractivity contribution is 5.09. The van der Waals surface area contributed by atoms with Gasteiger partial charge in [-0.1, -0.05) is 0 Å². The molecule has 2 unspecified atom stereocenters. The molecule has 0 saturated carbocycles. The van der Waals surface area contributed by atoms with E-state index in [1.54, 1.807) is 0 Å². The summed E-state index contributed by atoms with van der Waals surface area (Å²) in [6.45, 7) is 9.50. The molecule has 2 saturated heterocycles. The van der Waals surface area contributed by atoms with Crippen LogP contribution in [0.2, 0.25) is 0 Å². The van der Waals surface area contributed by atoms with Crippen molar-refractivity contribution in [3.05, 3.63) is 18.2 Å². The van der Waals surface area contributed by atoms with E-state index < -0.39 is 0 Å². The van der Waals surface area contributed by atoms with Crippen LogP contribution in [-0.4, -0.2) is 60.4 Å². The van der Waals surface area contributed by atoms with Crippen molar-refractivity contribution < 1.29 is 4.74 Å². The molecule has 112 valence electrons. The first-order valence-corrected chi connectivity index (χ1v) is 7.87. The fourth-order valence-corrected chi connectivity index (χ4v) is 3.35. The topological polar surface area (TPSA) is 42.3 Å². The van der Waals surface area contributed by atoms with E-state index in [1.165, 1.54) is 18.5 Å². The van der Waals surface area contributed by atoms with Crippen molar-refractivity contribution in [3.8, 4) is 0 Å². The molecule has 1 aromatic rings. The molecule has 0 radical (unpaired) electrons. The van der Waals surface area contributed by atoms with Gasteiger partial charge in [0.15, 0.2) is 0 Å². The van der Waals surface area contributed by atoms with Gasteiger partial charge < -0.3 is 14.6 Å². The van der Waals surface area contributed by atoms with E-state index in [9.17, 15) is 0 Å². The Kier molecular flexibility index (Phi) is 4.70. The number of imidazole rings is 1. The number of rotatable bonds is 4. The molecule has 2 aliphatic rings. The molecule has 3 rings (SSSR count). The zero-order chi connectivity index (χ0) is 13.8. The number of ether oxygens (including phenoxy) is 1. The minimum Gasteiger partial charge on any atom is -0.379 e. The Hall–Kier alpha value is -0.910. The van der Waals surface area contributed by atoms with Crippen LogP contribution in [0.15, 0.2) is 12.5 Å². The molecule has 0 spiro atoms. The van der Waals surface area contributed by atoms with Crippen LogP contribution in [0.1, 0.15) is 37.4 Å². The quantitative estimate of drug-likeness (QED) is 0.900. The molecule has 1 N–H and O–H groups in total. The number of nitrogens with zero attached hydrogens (tertiary/aromatic N) is 3. The summed E-state index contributed by atoms with van der Waals surface area (Å²) in [5.41, 5.74) is 1.40. The minimum absolute atomic E-state index is 0.479. The summed E-state index contributed by atoms with van der Waals surface area (Å²) in [6.07, 6.45) is 6.62. The summed E-state index contributed by atoms with van der Waals surface area (Å²) in [5, 5.41) is 3.50. The highest BCUT2D eigenvalue weighted by Crippen LogP contribution is 2.25. The van der Waals surface area contributed by atoms with E-state index in [0.717, 1.165) is 45.9 Å². The number of hydrogen-bond acceptors (Lipinski definition) is 4. The largest absolute Gasteiger partial charge is 0.379 e. The summed E-state index contributed by atoms with van der Waals surface area (Å²) < 4.78 is 7.80. The van der Waals surface area contributed by atoms with Gasteiger partial charge >= 0.3 is 0 Å². The molecule has 0 aliphatic carbocycles. The van der Waals surface area contributed by atoms with Gasteiger partial charge in [0.1, 0.15) is 0 Å². The van der Waals surface area contributed by atoms with Gasteiger partial charge in [-0.3, -0.25) is 4.90 Å². The molecule has 0 amide bonds. The van der Waals surface area contributed by atoms with Crippen LogP contribution < -0.4 is 5.32 Å². The van der Waals surface area contributed by atoms with Crippen LogP contribution >= 0.6 is 0 Å². The van der Waals surface area contributed by atoms with Gasteiger partial charge in [0.25, 0.3) is 0 Å². The molecular weight excluding hydrogens is 252 g/mol. The third-order valence-electron chi connectivity index (χ3n) is 4.51. The van der Waals surface area contributed by atoms with E-state index >= 15 is 0 Å². The second-order valence-corrected chi connectivity index (χ2v) is 6.03. The summed E-state index contributed by atoms with van der Waals surface area (Å²) in [5.74, 6) is 0.624. The van der Waals surface area contributed by atoms with Gasteiger partial charge in [-0.2, -0.15) is 0 Å². The predicted molar refractivity (Wildman–Crippen MR) is 79.0 cm³/mol. The first kappa shape index (κ1) is 14.0. The smallest absolute Gasteiger partial charge is 0.0951 e. The highest BCUT2D eigenvalue weighted by Gasteiger charge is 2.22. The number of nitrogens with one attached hydrogen (secondary N) is 1. The average molecular weight is 278 g/mol. The number of piperidine rings is 1. The van der Waals surface area contributed by atoms with Gasteiger partial charge in [-0.15, -0.1) is 0 Å². The van der Waals surface area contributed by atoms with Crippen LogP contribution in [-0.2, 0) is 4.74 Å². The summed E-state index contributed by atoms with van der Waals surface area (Å²) >= 11 is 0. The Labute approximate surface area is 121 Å². The lowest BCUT2D eigenvalue weighted by molar-refractivity contribution is 0.0323. The summed E-state index contributed by atoms with van der Waals surface area (Å²) in [7, 11) is 0. The van der Waals surface area contributed by atoms with Crippen LogP contribution in [0.3, 0.4) is 0 Å².